The first-order valence-corrected chi connectivity index (χ1v) is 4.94. The largest absolute Gasteiger partial charge is 0.362 e. The van der Waals surface area contributed by atoms with E-state index in [0.717, 1.165) is 13.1 Å². The molecule has 0 N–H and O–H groups in total. The molecule has 1 rings (SSSR count). The third-order valence-electron chi connectivity index (χ3n) is 1.33. The predicted molar refractivity (Wildman–Crippen MR) is 57.9 cm³/mol. The summed E-state index contributed by atoms with van der Waals surface area (Å²) < 4.78 is 0. The summed E-state index contributed by atoms with van der Waals surface area (Å²) in [6, 6.07) is 0. The van der Waals surface area contributed by atoms with E-state index in [0.29, 0.717) is 0 Å². The lowest BCUT2D eigenvalue weighted by Gasteiger charge is -2.07. The van der Waals surface area contributed by atoms with Crippen LogP contribution in [0, 0.1) is 0 Å². The standard InChI is InChI=1S/C5H10N2.C3H8.C2H6/c1-5-6-3-4-7(5)2;1-3-2;1-2/h3-4H2,1-2H3;3H2,1-2H3;1-2H3. The molecule has 1 aliphatic rings. The van der Waals surface area contributed by atoms with Crippen LogP contribution in [0.1, 0.15) is 41.0 Å². The Morgan fingerprint density at radius 2 is 1.75 bits per heavy atom. The zero-order chi connectivity index (χ0) is 9.98. The maximum Gasteiger partial charge on any atom is 0.0956 e. The minimum atomic E-state index is 0.988. The van der Waals surface area contributed by atoms with Crippen LogP contribution in [0.15, 0.2) is 4.99 Å². The van der Waals surface area contributed by atoms with E-state index in [2.05, 4.69) is 30.8 Å². The maximum absolute atomic E-state index is 4.16. The molecule has 2 nitrogen and oxygen atoms in total. The summed E-state index contributed by atoms with van der Waals surface area (Å²) in [5, 5.41) is 0. The van der Waals surface area contributed by atoms with Gasteiger partial charge in [0.1, 0.15) is 0 Å². The second-order valence-corrected chi connectivity index (χ2v) is 2.56. The first-order chi connectivity index (χ1) is 5.72. The number of amidine groups is 1. The van der Waals surface area contributed by atoms with Crippen LogP contribution in [0.3, 0.4) is 0 Å². The van der Waals surface area contributed by atoms with Crippen molar-refractivity contribution < 1.29 is 0 Å². The third-order valence-corrected chi connectivity index (χ3v) is 1.33. The molecule has 0 spiro atoms. The van der Waals surface area contributed by atoms with Crippen molar-refractivity contribution in [3.8, 4) is 0 Å². The molecule has 0 aromatic rings. The predicted octanol–water partition coefficient (Wildman–Crippen LogP) is 2.79. The summed E-state index contributed by atoms with van der Waals surface area (Å²) in [6.07, 6.45) is 1.25. The average Bonchev–Trinajstić information content (AvgIpc) is 2.42. The van der Waals surface area contributed by atoms with Gasteiger partial charge in [0.15, 0.2) is 0 Å². The highest BCUT2D eigenvalue weighted by Gasteiger charge is 2.04. The van der Waals surface area contributed by atoms with Crippen LogP contribution in [0.2, 0.25) is 0 Å². The molecular weight excluding hydrogens is 148 g/mol. The second kappa shape index (κ2) is 10.5. The van der Waals surface area contributed by atoms with Crippen molar-refractivity contribution in [1.82, 2.24) is 4.90 Å². The third kappa shape index (κ3) is 7.58. The van der Waals surface area contributed by atoms with Crippen LogP contribution in [0.25, 0.3) is 0 Å². The lowest BCUT2D eigenvalue weighted by Crippen LogP contribution is -2.19. The summed E-state index contributed by atoms with van der Waals surface area (Å²) in [6.45, 7) is 12.4. The van der Waals surface area contributed by atoms with E-state index in [1.807, 2.05) is 20.8 Å². The maximum atomic E-state index is 4.16. The van der Waals surface area contributed by atoms with Gasteiger partial charge >= 0.3 is 0 Å². The molecule has 0 unspecified atom stereocenters. The molecule has 0 aliphatic carbocycles. The van der Waals surface area contributed by atoms with Crippen molar-refractivity contribution in [2.45, 2.75) is 41.0 Å². The number of aliphatic imine (C=N–C) groups is 1. The van der Waals surface area contributed by atoms with Crippen molar-refractivity contribution in [2.75, 3.05) is 20.1 Å². The zero-order valence-corrected chi connectivity index (χ0v) is 9.52. The normalized spacial score (nSPS) is 13.8. The highest BCUT2D eigenvalue weighted by atomic mass is 15.2. The summed E-state index contributed by atoms with van der Waals surface area (Å²) >= 11 is 0. The molecule has 0 amide bonds. The van der Waals surface area contributed by atoms with E-state index >= 15 is 0 Å². The Bertz CT molecular complexity index is 108. The minimum absolute atomic E-state index is 0.988. The van der Waals surface area contributed by atoms with Gasteiger partial charge < -0.3 is 4.90 Å². The van der Waals surface area contributed by atoms with Gasteiger partial charge in [-0.15, -0.1) is 0 Å². The molecule has 0 aromatic carbocycles. The fraction of sp³-hybridized carbons (Fsp3) is 0.900. The lowest BCUT2D eigenvalue weighted by atomic mass is 10.6. The molecule has 1 heterocycles. The Labute approximate surface area is 77.7 Å². The number of hydrogen-bond donors (Lipinski definition) is 0. The summed E-state index contributed by atoms with van der Waals surface area (Å²) in [5.74, 6) is 1.17. The van der Waals surface area contributed by atoms with Gasteiger partial charge in [0, 0.05) is 13.6 Å². The van der Waals surface area contributed by atoms with Crippen molar-refractivity contribution >= 4 is 5.84 Å². The number of nitrogens with zero attached hydrogens (tertiary/aromatic N) is 2. The van der Waals surface area contributed by atoms with E-state index < -0.39 is 0 Å². The number of hydrogen-bond acceptors (Lipinski definition) is 2. The Hall–Kier alpha value is -0.530. The van der Waals surface area contributed by atoms with Crippen LogP contribution in [-0.4, -0.2) is 30.9 Å². The van der Waals surface area contributed by atoms with Gasteiger partial charge in [0.2, 0.25) is 0 Å². The highest BCUT2D eigenvalue weighted by molar-refractivity contribution is 5.80. The Balaban J connectivity index is 0. The van der Waals surface area contributed by atoms with E-state index in [-0.39, 0.29) is 0 Å². The number of likely N-dealkylation sites (N-methyl/N-ethyl adjacent to an activating group) is 1. The number of rotatable bonds is 0. The van der Waals surface area contributed by atoms with Crippen LogP contribution >= 0.6 is 0 Å². The van der Waals surface area contributed by atoms with Gasteiger partial charge in [-0.05, 0) is 6.92 Å². The molecule has 0 fully saturated rings. The topological polar surface area (TPSA) is 15.6 Å². The van der Waals surface area contributed by atoms with E-state index in [1.165, 1.54) is 12.3 Å². The van der Waals surface area contributed by atoms with E-state index in [9.17, 15) is 0 Å². The molecule has 1 aliphatic heterocycles. The summed E-state index contributed by atoms with van der Waals surface area (Å²) in [4.78, 5) is 6.31. The SMILES string of the molecule is CC.CC1=NCCN1C.CCC. The van der Waals surface area contributed by atoms with Crippen LogP contribution in [0.4, 0.5) is 0 Å². The van der Waals surface area contributed by atoms with Gasteiger partial charge in [-0.25, -0.2) is 0 Å². The lowest BCUT2D eigenvalue weighted by molar-refractivity contribution is 0.553. The fourth-order valence-electron chi connectivity index (χ4n) is 0.644. The van der Waals surface area contributed by atoms with Gasteiger partial charge in [0.25, 0.3) is 0 Å². The average molecular weight is 172 g/mol. The monoisotopic (exact) mass is 172 g/mol. The van der Waals surface area contributed by atoms with Crippen molar-refractivity contribution in [3.63, 3.8) is 0 Å². The first kappa shape index (κ1) is 14.0. The molecule has 12 heavy (non-hydrogen) atoms. The van der Waals surface area contributed by atoms with E-state index in [1.54, 1.807) is 0 Å². The fourth-order valence-corrected chi connectivity index (χ4v) is 0.644. The minimum Gasteiger partial charge on any atom is -0.362 e. The molecule has 0 bridgehead atoms. The highest BCUT2D eigenvalue weighted by Crippen LogP contribution is 1.94. The molecule has 2 heteroatoms. The Kier molecular flexibility index (Phi) is 12.2. The van der Waals surface area contributed by atoms with Gasteiger partial charge in [-0.3, -0.25) is 4.99 Å². The zero-order valence-electron chi connectivity index (χ0n) is 9.52. The summed E-state index contributed by atoms with van der Waals surface area (Å²) in [5.41, 5.74) is 0. The van der Waals surface area contributed by atoms with Crippen molar-refractivity contribution in [1.29, 1.82) is 0 Å². The van der Waals surface area contributed by atoms with Gasteiger partial charge in [-0.2, -0.15) is 0 Å². The van der Waals surface area contributed by atoms with Crippen LogP contribution in [0.5, 0.6) is 0 Å². The van der Waals surface area contributed by atoms with Crippen LogP contribution in [-0.2, 0) is 0 Å². The molecule has 0 radical (unpaired) electrons. The van der Waals surface area contributed by atoms with E-state index in [4.69, 9.17) is 0 Å². The molecular formula is C10H24N2. The molecule has 0 saturated carbocycles. The first-order valence-electron chi connectivity index (χ1n) is 4.94. The smallest absolute Gasteiger partial charge is 0.0956 e. The van der Waals surface area contributed by atoms with Gasteiger partial charge in [0.05, 0.1) is 12.4 Å². The molecule has 0 saturated heterocycles. The molecule has 0 atom stereocenters. The summed E-state index contributed by atoms with van der Waals surface area (Å²) in [7, 11) is 2.06. The molecule has 0 aromatic heterocycles. The van der Waals surface area contributed by atoms with Crippen molar-refractivity contribution in [3.05, 3.63) is 0 Å². The second-order valence-electron chi connectivity index (χ2n) is 2.56. The Morgan fingerprint density at radius 1 is 1.33 bits per heavy atom. The molecule has 74 valence electrons. The Morgan fingerprint density at radius 3 is 1.83 bits per heavy atom. The van der Waals surface area contributed by atoms with Crippen molar-refractivity contribution in [2.24, 2.45) is 4.99 Å². The van der Waals surface area contributed by atoms with Crippen LogP contribution < -0.4 is 0 Å². The quantitative estimate of drug-likeness (QED) is 0.548. The van der Waals surface area contributed by atoms with Gasteiger partial charge in [-0.1, -0.05) is 34.1 Å².